The summed E-state index contributed by atoms with van der Waals surface area (Å²) in [5.74, 6) is 0.787. The lowest BCUT2D eigenvalue weighted by atomic mass is 10.2. The third-order valence-corrected chi connectivity index (χ3v) is 7.56. The van der Waals surface area contributed by atoms with E-state index in [4.69, 9.17) is 11.6 Å². The van der Waals surface area contributed by atoms with Crippen molar-refractivity contribution in [3.63, 3.8) is 0 Å². The molecule has 31 heavy (non-hydrogen) atoms. The number of aromatic nitrogens is 1. The molecule has 1 aromatic carbocycles. The second kappa shape index (κ2) is 10.3. The topological polar surface area (TPSA) is 73.8 Å². The van der Waals surface area contributed by atoms with Crippen LogP contribution < -0.4 is 4.90 Å². The lowest BCUT2D eigenvalue weighted by molar-refractivity contribution is -0.126. The standard InChI is InChI=1S/C22H27ClN4O3S/c1-3-27(4-2)31(29,30)20-9-5-18(6-10-20)7-12-22(28)26-15-13-25(14-16-26)21-11-8-19(23)17-24-21/h5-12,17H,3-4,13-16H2,1-2H3/b12-7+. The summed E-state index contributed by atoms with van der Waals surface area (Å²) in [5.41, 5.74) is 0.774. The SMILES string of the molecule is CCN(CC)S(=O)(=O)c1ccc(/C=C/C(=O)N2CCN(c3ccc(Cl)cn3)CC2)cc1. The summed E-state index contributed by atoms with van der Waals surface area (Å²) in [6, 6.07) is 10.3. The van der Waals surface area contributed by atoms with Crippen LogP contribution in [0.4, 0.5) is 5.82 Å². The first-order valence-electron chi connectivity index (χ1n) is 10.3. The third kappa shape index (κ3) is 5.64. The largest absolute Gasteiger partial charge is 0.353 e. The molecule has 166 valence electrons. The van der Waals surface area contributed by atoms with Crippen molar-refractivity contribution in [2.75, 3.05) is 44.2 Å². The van der Waals surface area contributed by atoms with Crippen molar-refractivity contribution < 1.29 is 13.2 Å². The Hall–Kier alpha value is -2.42. The fourth-order valence-corrected chi connectivity index (χ4v) is 5.02. The zero-order chi connectivity index (χ0) is 22.4. The molecule has 0 unspecified atom stereocenters. The molecule has 3 rings (SSSR count). The van der Waals surface area contributed by atoms with Crippen molar-refractivity contribution in [3.8, 4) is 0 Å². The van der Waals surface area contributed by atoms with Gasteiger partial charge in [-0.1, -0.05) is 37.6 Å². The Balaban J connectivity index is 1.57. The molecule has 9 heteroatoms. The van der Waals surface area contributed by atoms with E-state index in [1.54, 1.807) is 41.4 Å². The highest BCUT2D eigenvalue weighted by Gasteiger charge is 2.22. The lowest BCUT2D eigenvalue weighted by Gasteiger charge is -2.34. The Morgan fingerprint density at radius 2 is 1.71 bits per heavy atom. The quantitative estimate of drug-likeness (QED) is 0.591. The molecule has 1 aromatic heterocycles. The Labute approximate surface area is 189 Å². The van der Waals surface area contributed by atoms with Crippen LogP contribution in [0, 0.1) is 0 Å². The molecule has 0 atom stereocenters. The van der Waals surface area contributed by atoms with Crippen molar-refractivity contribution in [1.29, 1.82) is 0 Å². The van der Waals surface area contributed by atoms with E-state index in [0.29, 0.717) is 44.3 Å². The number of rotatable bonds is 7. The number of carbonyl (C=O) groups is 1. The minimum atomic E-state index is -3.48. The van der Waals surface area contributed by atoms with Crippen LogP contribution in [0.25, 0.3) is 6.08 Å². The predicted octanol–water partition coefficient (Wildman–Crippen LogP) is 3.13. The van der Waals surface area contributed by atoms with Crippen molar-refractivity contribution >= 4 is 39.4 Å². The van der Waals surface area contributed by atoms with Gasteiger partial charge in [0.15, 0.2) is 0 Å². The molecular formula is C22H27ClN4O3S. The minimum absolute atomic E-state index is 0.0662. The molecule has 0 bridgehead atoms. The van der Waals surface area contributed by atoms with E-state index in [9.17, 15) is 13.2 Å². The van der Waals surface area contributed by atoms with Gasteiger partial charge in [0, 0.05) is 51.5 Å². The number of carbonyl (C=O) groups excluding carboxylic acids is 1. The summed E-state index contributed by atoms with van der Waals surface area (Å²) < 4.78 is 26.5. The van der Waals surface area contributed by atoms with E-state index in [1.165, 1.54) is 10.4 Å². The highest BCUT2D eigenvalue weighted by atomic mass is 35.5. The summed E-state index contributed by atoms with van der Waals surface area (Å²) in [5, 5.41) is 0.599. The van der Waals surface area contributed by atoms with Crippen LogP contribution >= 0.6 is 11.6 Å². The molecule has 2 heterocycles. The zero-order valence-electron chi connectivity index (χ0n) is 17.7. The zero-order valence-corrected chi connectivity index (χ0v) is 19.3. The van der Waals surface area contributed by atoms with Gasteiger partial charge in [-0.15, -0.1) is 0 Å². The summed E-state index contributed by atoms with van der Waals surface area (Å²) in [6.45, 7) is 7.10. The molecule has 0 N–H and O–H groups in total. The van der Waals surface area contributed by atoms with Crippen LogP contribution in [-0.4, -0.2) is 67.8 Å². The molecule has 1 amide bonds. The highest BCUT2D eigenvalue weighted by Crippen LogP contribution is 2.18. The Bertz CT molecular complexity index is 1010. The predicted molar refractivity (Wildman–Crippen MR) is 124 cm³/mol. The number of sulfonamides is 1. The number of pyridine rings is 1. The Morgan fingerprint density at radius 3 is 2.26 bits per heavy atom. The number of hydrogen-bond acceptors (Lipinski definition) is 5. The molecule has 0 radical (unpaired) electrons. The van der Waals surface area contributed by atoms with Crippen molar-refractivity contribution in [2.24, 2.45) is 0 Å². The van der Waals surface area contributed by atoms with Crippen LogP contribution in [0.3, 0.4) is 0 Å². The maximum Gasteiger partial charge on any atom is 0.246 e. The van der Waals surface area contributed by atoms with Gasteiger partial charge in [0.2, 0.25) is 15.9 Å². The van der Waals surface area contributed by atoms with Crippen LogP contribution in [0.5, 0.6) is 0 Å². The summed E-state index contributed by atoms with van der Waals surface area (Å²) in [7, 11) is -3.48. The van der Waals surface area contributed by atoms with Gasteiger partial charge in [0.1, 0.15) is 5.82 Å². The van der Waals surface area contributed by atoms with Crippen molar-refractivity contribution in [2.45, 2.75) is 18.7 Å². The molecule has 0 aliphatic carbocycles. The first kappa shape index (κ1) is 23.2. The number of piperazine rings is 1. The monoisotopic (exact) mass is 462 g/mol. The second-order valence-corrected chi connectivity index (χ2v) is 9.51. The van der Waals surface area contributed by atoms with Crippen molar-refractivity contribution in [1.82, 2.24) is 14.2 Å². The molecule has 1 fully saturated rings. The van der Waals surface area contributed by atoms with Crippen LogP contribution in [0.1, 0.15) is 19.4 Å². The molecule has 1 saturated heterocycles. The third-order valence-electron chi connectivity index (χ3n) is 5.27. The highest BCUT2D eigenvalue weighted by molar-refractivity contribution is 7.89. The number of hydrogen-bond donors (Lipinski definition) is 0. The number of amides is 1. The van der Waals surface area contributed by atoms with Gasteiger partial charge in [-0.05, 0) is 35.9 Å². The molecule has 1 aliphatic rings. The molecule has 2 aromatic rings. The Kier molecular flexibility index (Phi) is 7.69. The van der Waals surface area contributed by atoms with E-state index in [0.717, 1.165) is 11.4 Å². The summed E-state index contributed by atoms with van der Waals surface area (Å²) >= 11 is 5.89. The fourth-order valence-electron chi connectivity index (χ4n) is 3.45. The van der Waals surface area contributed by atoms with Gasteiger partial charge >= 0.3 is 0 Å². The van der Waals surface area contributed by atoms with Gasteiger partial charge in [-0.2, -0.15) is 4.31 Å². The normalized spacial score (nSPS) is 15.1. The lowest BCUT2D eigenvalue weighted by Crippen LogP contribution is -2.48. The molecule has 0 saturated carbocycles. The number of nitrogens with zero attached hydrogens (tertiary/aromatic N) is 4. The van der Waals surface area contributed by atoms with Gasteiger partial charge in [0.05, 0.1) is 9.92 Å². The minimum Gasteiger partial charge on any atom is -0.353 e. The second-order valence-electron chi connectivity index (χ2n) is 7.14. The molecule has 1 aliphatic heterocycles. The van der Waals surface area contributed by atoms with Gasteiger partial charge in [-0.3, -0.25) is 4.79 Å². The maximum absolute atomic E-state index is 12.6. The number of anilines is 1. The van der Waals surface area contributed by atoms with Crippen molar-refractivity contribution in [3.05, 3.63) is 59.3 Å². The summed E-state index contributed by atoms with van der Waals surface area (Å²) in [4.78, 5) is 21.0. The Morgan fingerprint density at radius 1 is 1.06 bits per heavy atom. The summed E-state index contributed by atoms with van der Waals surface area (Å²) in [6.07, 6.45) is 4.86. The average Bonchev–Trinajstić information content (AvgIpc) is 2.79. The average molecular weight is 463 g/mol. The molecule has 0 spiro atoms. The maximum atomic E-state index is 12.6. The van der Waals surface area contributed by atoms with E-state index in [1.807, 2.05) is 26.0 Å². The smallest absolute Gasteiger partial charge is 0.246 e. The van der Waals surface area contributed by atoms with Crippen LogP contribution in [0.2, 0.25) is 5.02 Å². The van der Waals surface area contributed by atoms with Gasteiger partial charge < -0.3 is 9.80 Å². The fraction of sp³-hybridized carbons (Fsp3) is 0.364. The van der Waals surface area contributed by atoms with Gasteiger partial charge in [0.25, 0.3) is 0 Å². The first-order chi connectivity index (χ1) is 14.8. The number of benzene rings is 1. The number of halogens is 1. The molecular weight excluding hydrogens is 436 g/mol. The van der Waals surface area contributed by atoms with Crippen LogP contribution in [0.15, 0.2) is 53.6 Å². The van der Waals surface area contributed by atoms with E-state index < -0.39 is 10.0 Å². The van der Waals surface area contributed by atoms with Gasteiger partial charge in [-0.25, -0.2) is 13.4 Å². The molecule has 7 nitrogen and oxygen atoms in total. The van der Waals surface area contributed by atoms with Crippen LogP contribution in [-0.2, 0) is 14.8 Å². The first-order valence-corrected chi connectivity index (χ1v) is 12.1. The van der Waals surface area contributed by atoms with E-state index in [2.05, 4.69) is 9.88 Å². The van der Waals surface area contributed by atoms with E-state index in [-0.39, 0.29) is 10.8 Å². The van der Waals surface area contributed by atoms with E-state index >= 15 is 0 Å².